The molecule has 0 bridgehead atoms. The predicted octanol–water partition coefficient (Wildman–Crippen LogP) is 1.69. The fraction of sp³-hybridized carbons (Fsp3) is 0.467. The van der Waals surface area contributed by atoms with Crippen LogP contribution in [0, 0.1) is 6.92 Å². The first-order valence-corrected chi connectivity index (χ1v) is 6.95. The summed E-state index contributed by atoms with van der Waals surface area (Å²) in [6, 6.07) is 7.80. The largest absolute Gasteiger partial charge is 0.474 e. The molecule has 0 aliphatic carbocycles. The van der Waals surface area contributed by atoms with Crippen molar-refractivity contribution in [2.75, 3.05) is 19.7 Å². The third-order valence-electron chi connectivity index (χ3n) is 3.34. The number of nitrogens with zero attached hydrogens (tertiary/aromatic N) is 2. The Morgan fingerprint density at radius 1 is 1.25 bits per heavy atom. The lowest BCUT2D eigenvalue weighted by Crippen LogP contribution is -2.45. The first-order chi connectivity index (χ1) is 9.72. The number of hydrogen-bond acceptors (Lipinski definition) is 5. The van der Waals surface area contributed by atoms with Gasteiger partial charge in [-0.3, -0.25) is 0 Å². The molecular weight excluding hydrogens is 254 g/mol. The molecule has 0 radical (unpaired) electrons. The molecule has 1 N–H and O–H groups in total. The van der Waals surface area contributed by atoms with Crippen LogP contribution in [0.4, 0.5) is 0 Å². The van der Waals surface area contributed by atoms with Gasteiger partial charge in [0, 0.05) is 13.1 Å². The minimum atomic E-state index is 0.0615. The van der Waals surface area contributed by atoms with E-state index in [0.29, 0.717) is 12.5 Å². The minimum absolute atomic E-state index is 0.0615. The van der Waals surface area contributed by atoms with E-state index in [-0.39, 0.29) is 12.2 Å². The molecule has 1 aromatic carbocycles. The lowest BCUT2D eigenvalue weighted by molar-refractivity contribution is -0.0477. The Labute approximate surface area is 118 Å². The summed E-state index contributed by atoms with van der Waals surface area (Å²) < 4.78 is 11.6. The van der Waals surface area contributed by atoms with Crippen LogP contribution in [0.25, 0.3) is 11.0 Å². The van der Waals surface area contributed by atoms with Crippen LogP contribution in [0.1, 0.15) is 12.6 Å². The quantitative estimate of drug-likeness (QED) is 0.922. The molecule has 5 nitrogen and oxygen atoms in total. The van der Waals surface area contributed by atoms with Crippen molar-refractivity contribution in [1.29, 1.82) is 0 Å². The number of ether oxygens (including phenoxy) is 2. The molecule has 2 atom stereocenters. The summed E-state index contributed by atoms with van der Waals surface area (Å²) in [6.07, 6.45) is 0.285. The molecular formula is C15H19N3O2. The van der Waals surface area contributed by atoms with Gasteiger partial charge in [-0.2, -0.15) is 0 Å². The Kier molecular flexibility index (Phi) is 3.80. The first-order valence-electron chi connectivity index (χ1n) is 6.95. The lowest BCUT2D eigenvalue weighted by Gasteiger charge is -2.28. The van der Waals surface area contributed by atoms with Gasteiger partial charge in [0.2, 0.25) is 5.88 Å². The maximum atomic E-state index is 5.80. The Morgan fingerprint density at radius 3 is 2.75 bits per heavy atom. The zero-order chi connectivity index (χ0) is 13.9. The molecule has 2 aromatic rings. The van der Waals surface area contributed by atoms with Gasteiger partial charge in [0.05, 0.1) is 17.1 Å². The fourth-order valence-electron chi connectivity index (χ4n) is 2.35. The molecule has 2 unspecified atom stereocenters. The molecule has 1 aliphatic heterocycles. The lowest BCUT2D eigenvalue weighted by atomic mass is 10.2. The summed E-state index contributed by atoms with van der Waals surface area (Å²) in [5.41, 5.74) is 2.55. The molecule has 3 rings (SSSR count). The van der Waals surface area contributed by atoms with Crippen molar-refractivity contribution in [2.45, 2.75) is 26.1 Å². The van der Waals surface area contributed by atoms with Crippen LogP contribution < -0.4 is 10.1 Å². The van der Waals surface area contributed by atoms with E-state index in [1.807, 2.05) is 31.2 Å². The molecule has 1 aliphatic rings. The first kappa shape index (κ1) is 13.3. The third-order valence-corrected chi connectivity index (χ3v) is 3.34. The molecule has 0 spiro atoms. The zero-order valence-corrected chi connectivity index (χ0v) is 11.8. The molecule has 1 aromatic heterocycles. The second kappa shape index (κ2) is 5.73. The Balaban J connectivity index is 1.72. The summed E-state index contributed by atoms with van der Waals surface area (Å²) >= 11 is 0. The van der Waals surface area contributed by atoms with E-state index in [1.165, 1.54) is 0 Å². The van der Waals surface area contributed by atoms with E-state index >= 15 is 0 Å². The average molecular weight is 273 g/mol. The number of fused-ring (bicyclic) bond motifs is 1. The topological polar surface area (TPSA) is 56.3 Å². The highest BCUT2D eigenvalue weighted by molar-refractivity contribution is 5.74. The third kappa shape index (κ3) is 2.89. The Bertz CT molecular complexity index is 603. The summed E-state index contributed by atoms with van der Waals surface area (Å²) in [7, 11) is 0. The second-order valence-electron chi connectivity index (χ2n) is 5.14. The SMILES string of the molecule is Cc1nc2ccccc2nc1OCC1CNCC(C)O1. The number of benzene rings is 1. The number of hydrogen-bond donors (Lipinski definition) is 1. The van der Waals surface area contributed by atoms with Gasteiger partial charge < -0.3 is 14.8 Å². The molecule has 0 saturated carbocycles. The standard InChI is InChI=1S/C15H19N3O2/c1-10-7-16-8-12(20-10)9-19-15-11(2)17-13-5-3-4-6-14(13)18-15/h3-6,10,12,16H,7-9H2,1-2H3. The van der Waals surface area contributed by atoms with Crippen LogP contribution in [0.2, 0.25) is 0 Å². The van der Waals surface area contributed by atoms with Crippen LogP contribution in [-0.2, 0) is 4.74 Å². The van der Waals surface area contributed by atoms with Crippen molar-refractivity contribution in [3.8, 4) is 5.88 Å². The van der Waals surface area contributed by atoms with E-state index in [9.17, 15) is 0 Å². The van der Waals surface area contributed by atoms with Crippen molar-refractivity contribution in [1.82, 2.24) is 15.3 Å². The van der Waals surface area contributed by atoms with E-state index in [2.05, 4.69) is 22.2 Å². The average Bonchev–Trinajstić information content (AvgIpc) is 2.45. The molecule has 0 amide bonds. The van der Waals surface area contributed by atoms with Gasteiger partial charge in [-0.25, -0.2) is 9.97 Å². The van der Waals surface area contributed by atoms with Gasteiger partial charge in [0.25, 0.3) is 0 Å². The molecule has 5 heteroatoms. The van der Waals surface area contributed by atoms with Crippen LogP contribution >= 0.6 is 0 Å². The summed E-state index contributed by atoms with van der Waals surface area (Å²) in [5.74, 6) is 0.588. The van der Waals surface area contributed by atoms with Gasteiger partial charge in [0.1, 0.15) is 18.4 Å². The van der Waals surface area contributed by atoms with Gasteiger partial charge >= 0.3 is 0 Å². The van der Waals surface area contributed by atoms with E-state index in [4.69, 9.17) is 9.47 Å². The van der Waals surface area contributed by atoms with Gasteiger partial charge in [-0.05, 0) is 26.0 Å². The van der Waals surface area contributed by atoms with Crippen LogP contribution in [-0.4, -0.2) is 41.9 Å². The minimum Gasteiger partial charge on any atom is -0.474 e. The van der Waals surface area contributed by atoms with Crippen molar-refractivity contribution in [3.63, 3.8) is 0 Å². The molecule has 20 heavy (non-hydrogen) atoms. The smallest absolute Gasteiger partial charge is 0.236 e. The maximum Gasteiger partial charge on any atom is 0.236 e. The number of nitrogens with one attached hydrogen (secondary N) is 1. The van der Waals surface area contributed by atoms with Crippen LogP contribution in [0.3, 0.4) is 0 Å². The Morgan fingerprint density at radius 2 is 2.00 bits per heavy atom. The van der Waals surface area contributed by atoms with Crippen molar-refractivity contribution in [3.05, 3.63) is 30.0 Å². The van der Waals surface area contributed by atoms with Crippen LogP contribution in [0.15, 0.2) is 24.3 Å². The number of para-hydroxylation sites is 2. The normalized spacial score (nSPS) is 22.9. The van der Waals surface area contributed by atoms with Gasteiger partial charge in [-0.15, -0.1) is 0 Å². The summed E-state index contributed by atoms with van der Waals surface area (Å²) in [6.45, 7) is 6.17. The highest BCUT2D eigenvalue weighted by Gasteiger charge is 2.20. The molecule has 1 saturated heterocycles. The van der Waals surface area contributed by atoms with Crippen molar-refractivity contribution < 1.29 is 9.47 Å². The fourth-order valence-corrected chi connectivity index (χ4v) is 2.35. The molecule has 2 heterocycles. The van der Waals surface area contributed by atoms with E-state index < -0.39 is 0 Å². The highest BCUT2D eigenvalue weighted by atomic mass is 16.5. The van der Waals surface area contributed by atoms with Crippen molar-refractivity contribution >= 4 is 11.0 Å². The maximum absolute atomic E-state index is 5.80. The predicted molar refractivity (Wildman–Crippen MR) is 77.0 cm³/mol. The number of aromatic nitrogens is 2. The monoisotopic (exact) mass is 273 g/mol. The van der Waals surface area contributed by atoms with Crippen molar-refractivity contribution in [2.24, 2.45) is 0 Å². The van der Waals surface area contributed by atoms with Gasteiger partial charge in [0.15, 0.2) is 0 Å². The highest BCUT2D eigenvalue weighted by Crippen LogP contribution is 2.18. The molecule has 1 fully saturated rings. The Hall–Kier alpha value is -1.72. The summed E-state index contributed by atoms with van der Waals surface area (Å²) in [5, 5.41) is 3.32. The van der Waals surface area contributed by atoms with E-state index in [0.717, 1.165) is 29.8 Å². The second-order valence-corrected chi connectivity index (χ2v) is 5.14. The number of rotatable bonds is 3. The van der Waals surface area contributed by atoms with E-state index in [1.54, 1.807) is 0 Å². The number of morpholine rings is 1. The molecule has 106 valence electrons. The van der Waals surface area contributed by atoms with Gasteiger partial charge in [-0.1, -0.05) is 12.1 Å². The van der Waals surface area contributed by atoms with Crippen LogP contribution in [0.5, 0.6) is 5.88 Å². The zero-order valence-electron chi connectivity index (χ0n) is 11.8. The number of aryl methyl sites for hydroxylation is 1. The summed E-state index contributed by atoms with van der Waals surface area (Å²) in [4.78, 5) is 9.03.